The Balaban J connectivity index is 1.96. The summed E-state index contributed by atoms with van der Waals surface area (Å²) >= 11 is 0. The molecule has 1 saturated carbocycles. The third kappa shape index (κ3) is 3.10. The number of ether oxygens (including phenoxy) is 2. The SMILES string of the molecule is CCOC(=O)c1cn(C2CC2)c2c(C)c(N3CCOCC3)c(F)cc2c1=O. The zero-order valence-corrected chi connectivity index (χ0v) is 15.6. The third-order valence-corrected chi connectivity index (χ3v) is 5.24. The van der Waals surface area contributed by atoms with Crippen LogP contribution in [0.15, 0.2) is 17.1 Å². The number of hydrogen-bond donors (Lipinski definition) is 0. The van der Waals surface area contributed by atoms with Crippen LogP contribution in [0.1, 0.15) is 41.7 Å². The molecule has 1 saturated heterocycles. The second kappa shape index (κ2) is 6.96. The Bertz CT molecular complexity index is 959. The van der Waals surface area contributed by atoms with Crippen LogP contribution >= 0.6 is 0 Å². The molecule has 0 N–H and O–H groups in total. The van der Waals surface area contributed by atoms with E-state index in [1.165, 1.54) is 6.07 Å². The van der Waals surface area contributed by atoms with Crippen LogP contribution in [0.5, 0.6) is 0 Å². The van der Waals surface area contributed by atoms with Crippen LogP contribution in [-0.2, 0) is 9.47 Å². The maximum absolute atomic E-state index is 15.0. The number of benzene rings is 1. The number of aryl methyl sites for hydroxylation is 1. The van der Waals surface area contributed by atoms with Crippen molar-refractivity contribution in [2.75, 3.05) is 37.8 Å². The van der Waals surface area contributed by atoms with E-state index in [0.29, 0.717) is 37.5 Å². The van der Waals surface area contributed by atoms with E-state index in [4.69, 9.17) is 9.47 Å². The van der Waals surface area contributed by atoms with Gasteiger partial charge in [-0.1, -0.05) is 0 Å². The minimum atomic E-state index is -0.658. The molecule has 0 atom stereocenters. The Morgan fingerprint density at radius 1 is 1.33 bits per heavy atom. The maximum atomic E-state index is 15.0. The van der Waals surface area contributed by atoms with Gasteiger partial charge in [0.25, 0.3) is 0 Å². The summed E-state index contributed by atoms with van der Waals surface area (Å²) in [5, 5.41) is 0.236. The highest BCUT2D eigenvalue weighted by Crippen LogP contribution is 2.40. The van der Waals surface area contributed by atoms with Crippen molar-refractivity contribution in [3.05, 3.63) is 39.4 Å². The highest BCUT2D eigenvalue weighted by Gasteiger charge is 2.30. The molecule has 0 bridgehead atoms. The molecule has 0 amide bonds. The first-order valence-electron chi connectivity index (χ1n) is 9.40. The molecule has 1 aromatic carbocycles. The second-order valence-electron chi connectivity index (χ2n) is 7.06. The fourth-order valence-corrected chi connectivity index (χ4v) is 3.84. The Hall–Kier alpha value is -2.41. The molecule has 2 heterocycles. The predicted octanol–water partition coefficient (Wildman–Crippen LogP) is 2.80. The highest BCUT2D eigenvalue weighted by molar-refractivity contribution is 5.96. The smallest absolute Gasteiger partial charge is 0.343 e. The van der Waals surface area contributed by atoms with Gasteiger partial charge < -0.3 is 18.9 Å². The molecular formula is C20H23FN2O4. The molecule has 0 radical (unpaired) electrons. The number of halogens is 1. The minimum Gasteiger partial charge on any atom is -0.462 e. The average molecular weight is 374 g/mol. The maximum Gasteiger partial charge on any atom is 0.343 e. The number of hydrogen-bond acceptors (Lipinski definition) is 5. The first kappa shape index (κ1) is 18.0. The Kier molecular flexibility index (Phi) is 4.63. The molecule has 144 valence electrons. The lowest BCUT2D eigenvalue weighted by molar-refractivity contribution is 0.0524. The summed E-state index contributed by atoms with van der Waals surface area (Å²) in [4.78, 5) is 27.1. The van der Waals surface area contributed by atoms with E-state index in [1.54, 1.807) is 13.1 Å². The summed E-state index contributed by atoms with van der Waals surface area (Å²) in [5.74, 6) is -1.10. The van der Waals surface area contributed by atoms with Gasteiger partial charge in [-0.25, -0.2) is 9.18 Å². The van der Waals surface area contributed by atoms with E-state index in [9.17, 15) is 9.59 Å². The van der Waals surface area contributed by atoms with Gasteiger partial charge in [0.2, 0.25) is 5.43 Å². The lowest BCUT2D eigenvalue weighted by Gasteiger charge is -2.31. The number of carbonyl (C=O) groups is 1. The minimum absolute atomic E-state index is 0.0332. The van der Waals surface area contributed by atoms with Gasteiger partial charge in [-0.2, -0.15) is 0 Å². The van der Waals surface area contributed by atoms with Gasteiger partial charge in [0.1, 0.15) is 11.4 Å². The first-order chi connectivity index (χ1) is 13.0. The third-order valence-electron chi connectivity index (χ3n) is 5.24. The zero-order valence-electron chi connectivity index (χ0n) is 15.6. The van der Waals surface area contributed by atoms with Crippen LogP contribution in [0.3, 0.4) is 0 Å². The topological polar surface area (TPSA) is 60.8 Å². The number of aromatic nitrogens is 1. The first-order valence-corrected chi connectivity index (χ1v) is 9.40. The number of morpholine rings is 1. The van der Waals surface area contributed by atoms with Gasteiger partial charge in [-0.05, 0) is 38.3 Å². The molecule has 2 aliphatic rings. The van der Waals surface area contributed by atoms with Crippen LogP contribution in [0.4, 0.5) is 10.1 Å². The molecule has 2 fully saturated rings. The predicted molar refractivity (Wildman–Crippen MR) is 100 cm³/mol. The van der Waals surface area contributed by atoms with Gasteiger partial charge >= 0.3 is 5.97 Å². The number of pyridine rings is 1. The van der Waals surface area contributed by atoms with E-state index in [-0.39, 0.29) is 23.6 Å². The van der Waals surface area contributed by atoms with E-state index in [1.807, 2.05) is 16.4 Å². The second-order valence-corrected chi connectivity index (χ2v) is 7.06. The van der Waals surface area contributed by atoms with Crippen LogP contribution in [-0.4, -0.2) is 43.4 Å². The average Bonchev–Trinajstić information content (AvgIpc) is 3.49. The van der Waals surface area contributed by atoms with Crippen LogP contribution in [0, 0.1) is 12.7 Å². The van der Waals surface area contributed by atoms with Crippen molar-refractivity contribution in [3.8, 4) is 0 Å². The van der Waals surface area contributed by atoms with Gasteiger partial charge in [0.15, 0.2) is 0 Å². The van der Waals surface area contributed by atoms with Crippen molar-refractivity contribution < 1.29 is 18.7 Å². The molecule has 1 aliphatic carbocycles. The summed E-state index contributed by atoms with van der Waals surface area (Å²) in [6.45, 7) is 6.04. The quantitative estimate of drug-likeness (QED) is 0.770. The Labute approximate surface area is 156 Å². The van der Waals surface area contributed by atoms with Crippen LogP contribution in [0.2, 0.25) is 0 Å². The monoisotopic (exact) mass is 374 g/mol. The molecule has 4 rings (SSSR count). The van der Waals surface area contributed by atoms with Gasteiger partial charge in [-0.3, -0.25) is 4.79 Å². The van der Waals surface area contributed by atoms with Crippen molar-refractivity contribution in [1.29, 1.82) is 0 Å². The van der Waals surface area contributed by atoms with Crippen molar-refractivity contribution >= 4 is 22.6 Å². The number of rotatable bonds is 4. The number of nitrogens with zero attached hydrogens (tertiary/aromatic N) is 2. The fraction of sp³-hybridized carbons (Fsp3) is 0.500. The Morgan fingerprint density at radius 2 is 2.04 bits per heavy atom. The van der Waals surface area contributed by atoms with Crippen molar-refractivity contribution in [3.63, 3.8) is 0 Å². The van der Waals surface area contributed by atoms with Crippen LogP contribution < -0.4 is 10.3 Å². The van der Waals surface area contributed by atoms with E-state index in [2.05, 4.69) is 0 Å². The summed E-state index contributed by atoms with van der Waals surface area (Å²) in [6, 6.07) is 1.50. The largest absolute Gasteiger partial charge is 0.462 e. The molecule has 1 aliphatic heterocycles. The highest BCUT2D eigenvalue weighted by atomic mass is 19.1. The molecule has 2 aromatic rings. The number of carbonyl (C=O) groups excluding carboxylic acids is 1. The standard InChI is InChI=1S/C20H23FN2O4/c1-3-27-20(25)15-11-23(13-4-5-13)17-12(2)18(22-6-8-26-9-7-22)16(21)10-14(17)19(15)24/h10-11,13H,3-9H2,1-2H3. The van der Waals surface area contributed by atoms with E-state index >= 15 is 4.39 Å². The van der Waals surface area contributed by atoms with Crippen molar-refractivity contribution in [1.82, 2.24) is 4.57 Å². The lowest BCUT2D eigenvalue weighted by Crippen LogP contribution is -2.37. The number of fused-ring (bicyclic) bond motifs is 1. The fourth-order valence-electron chi connectivity index (χ4n) is 3.84. The summed E-state index contributed by atoms with van der Waals surface area (Å²) in [7, 11) is 0. The summed E-state index contributed by atoms with van der Waals surface area (Å²) in [6.07, 6.45) is 3.54. The molecule has 7 heteroatoms. The normalized spacial score (nSPS) is 17.4. The van der Waals surface area contributed by atoms with Gasteiger partial charge in [-0.15, -0.1) is 0 Å². The molecule has 27 heavy (non-hydrogen) atoms. The van der Waals surface area contributed by atoms with E-state index < -0.39 is 17.2 Å². The summed E-state index contributed by atoms with van der Waals surface area (Å²) < 4.78 is 27.4. The van der Waals surface area contributed by atoms with Crippen molar-refractivity contribution in [2.45, 2.75) is 32.7 Å². The van der Waals surface area contributed by atoms with Crippen LogP contribution in [0.25, 0.3) is 10.9 Å². The lowest BCUT2D eigenvalue weighted by atomic mass is 10.0. The van der Waals surface area contributed by atoms with E-state index in [0.717, 1.165) is 18.4 Å². The molecular weight excluding hydrogens is 351 g/mol. The zero-order chi connectivity index (χ0) is 19.1. The number of anilines is 1. The van der Waals surface area contributed by atoms with Gasteiger partial charge in [0.05, 0.1) is 31.0 Å². The molecule has 0 spiro atoms. The molecule has 0 unspecified atom stereocenters. The Morgan fingerprint density at radius 3 is 2.67 bits per heavy atom. The van der Waals surface area contributed by atoms with Gasteiger partial charge in [0, 0.05) is 30.7 Å². The molecule has 1 aromatic heterocycles. The molecule has 6 nitrogen and oxygen atoms in total. The number of esters is 1. The summed E-state index contributed by atoms with van der Waals surface area (Å²) in [5.41, 5.74) is 1.44. The van der Waals surface area contributed by atoms with Crippen molar-refractivity contribution in [2.24, 2.45) is 0 Å².